The standard InChI is InChI=1S/C12H15N3O3/c1-7-5-14-9(6-13-7)10(16)15-12(2,11(17)18)8-3-4-8/h5-6,8H,3-4H2,1-2H3,(H,15,16)(H,17,18). The van der Waals surface area contributed by atoms with Crippen LogP contribution in [0.4, 0.5) is 0 Å². The van der Waals surface area contributed by atoms with E-state index >= 15 is 0 Å². The fraction of sp³-hybridized carbons (Fsp3) is 0.500. The molecule has 1 heterocycles. The topological polar surface area (TPSA) is 92.2 Å². The number of carboxylic acids is 1. The summed E-state index contributed by atoms with van der Waals surface area (Å²) in [6.07, 6.45) is 4.47. The third-order valence-electron chi connectivity index (χ3n) is 3.22. The van der Waals surface area contributed by atoms with Crippen molar-refractivity contribution in [2.45, 2.75) is 32.2 Å². The van der Waals surface area contributed by atoms with Gasteiger partial charge in [-0.15, -0.1) is 0 Å². The van der Waals surface area contributed by atoms with Crippen LogP contribution in [0.2, 0.25) is 0 Å². The van der Waals surface area contributed by atoms with Crippen molar-refractivity contribution in [3.63, 3.8) is 0 Å². The maximum absolute atomic E-state index is 11.9. The molecule has 1 aliphatic rings. The molecule has 1 aromatic rings. The second-order valence-corrected chi connectivity index (χ2v) is 4.78. The lowest BCUT2D eigenvalue weighted by atomic mass is 9.96. The van der Waals surface area contributed by atoms with Gasteiger partial charge < -0.3 is 10.4 Å². The quantitative estimate of drug-likeness (QED) is 0.822. The fourth-order valence-electron chi connectivity index (χ4n) is 1.80. The normalized spacial score (nSPS) is 17.9. The number of aliphatic carboxylic acids is 1. The zero-order chi connectivity index (χ0) is 13.3. The van der Waals surface area contributed by atoms with E-state index in [0.717, 1.165) is 12.8 Å². The number of carboxylic acid groups (broad SMARTS) is 1. The van der Waals surface area contributed by atoms with Gasteiger partial charge in [-0.2, -0.15) is 0 Å². The Bertz CT molecular complexity index is 482. The zero-order valence-corrected chi connectivity index (χ0v) is 10.3. The molecule has 2 N–H and O–H groups in total. The predicted molar refractivity (Wildman–Crippen MR) is 63.0 cm³/mol. The van der Waals surface area contributed by atoms with Gasteiger partial charge in [0, 0.05) is 6.20 Å². The largest absolute Gasteiger partial charge is 0.480 e. The molecule has 1 saturated carbocycles. The minimum Gasteiger partial charge on any atom is -0.480 e. The summed E-state index contributed by atoms with van der Waals surface area (Å²) in [6, 6.07) is 0. The highest BCUT2D eigenvalue weighted by Crippen LogP contribution is 2.39. The van der Waals surface area contributed by atoms with Crippen molar-refractivity contribution in [2.75, 3.05) is 0 Å². The minimum absolute atomic E-state index is 0.00245. The zero-order valence-electron chi connectivity index (χ0n) is 10.3. The van der Waals surface area contributed by atoms with E-state index in [1.165, 1.54) is 19.3 Å². The van der Waals surface area contributed by atoms with Crippen molar-refractivity contribution in [3.8, 4) is 0 Å². The molecule has 2 rings (SSSR count). The van der Waals surface area contributed by atoms with Gasteiger partial charge in [0.05, 0.1) is 11.9 Å². The van der Waals surface area contributed by atoms with E-state index in [0.29, 0.717) is 5.69 Å². The van der Waals surface area contributed by atoms with Crippen LogP contribution in [0.15, 0.2) is 12.4 Å². The first-order chi connectivity index (χ1) is 8.43. The van der Waals surface area contributed by atoms with Crippen molar-refractivity contribution < 1.29 is 14.7 Å². The average molecular weight is 249 g/mol. The van der Waals surface area contributed by atoms with Crippen LogP contribution in [0, 0.1) is 12.8 Å². The summed E-state index contributed by atoms with van der Waals surface area (Å²) in [5.41, 5.74) is -0.382. The Kier molecular flexibility index (Phi) is 3.02. The molecule has 0 radical (unpaired) electrons. The van der Waals surface area contributed by atoms with E-state index in [2.05, 4.69) is 15.3 Å². The highest BCUT2D eigenvalue weighted by Gasteiger charge is 2.48. The minimum atomic E-state index is -1.22. The summed E-state index contributed by atoms with van der Waals surface area (Å²) in [5, 5.41) is 11.8. The Morgan fingerprint density at radius 1 is 1.39 bits per heavy atom. The molecular weight excluding hydrogens is 234 g/mol. The first kappa shape index (κ1) is 12.5. The number of hydrogen-bond donors (Lipinski definition) is 2. The number of amides is 1. The van der Waals surface area contributed by atoms with Crippen molar-refractivity contribution >= 4 is 11.9 Å². The molecule has 18 heavy (non-hydrogen) atoms. The molecule has 1 aromatic heterocycles. The van der Waals surface area contributed by atoms with Gasteiger partial charge >= 0.3 is 5.97 Å². The molecule has 1 amide bonds. The predicted octanol–water partition coefficient (Wildman–Crippen LogP) is 0.768. The molecule has 1 aliphatic carbocycles. The van der Waals surface area contributed by atoms with Crippen molar-refractivity contribution in [1.29, 1.82) is 0 Å². The van der Waals surface area contributed by atoms with Gasteiger partial charge in [-0.1, -0.05) is 0 Å². The van der Waals surface area contributed by atoms with Crippen LogP contribution in [0.25, 0.3) is 0 Å². The van der Waals surface area contributed by atoms with Crippen LogP contribution >= 0.6 is 0 Å². The molecule has 0 saturated heterocycles. The average Bonchev–Trinajstić information content (AvgIpc) is 3.13. The summed E-state index contributed by atoms with van der Waals surface area (Å²) in [4.78, 5) is 31.1. The van der Waals surface area contributed by atoms with E-state index in [4.69, 9.17) is 0 Å². The Morgan fingerprint density at radius 2 is 2.06 bits per heavy atom. The SMILES string of the molecule is Cc1cnc(C(=O)NC(C)(C(=O)O)C2CC2)cn1. The van der Waals surface area contributed by atoms with Crippen LogP contribution in [-0.2, 0) is 4.79 Å². The van der Waals surface area contributed by atoms with Gasteiger partial charge in [-0.05, 0) is 32.6 Å². The van der Waals surface area contributed by atoms with E-state index in [1.54, 1.807) is 6.92 Å². The molecule has 1 fully saturated rings. The van der Waals surface area contributed by atoms with E-state index < -0.39 is 17.4 Å². The van der Waals surface area contributed by atoms with Crippen LogP contribution in [0.5, 0.6) is 0 Å². The number of aromatic nitrogens is 2. The van der Waals surface area contributed by atoms with E-state index in [9.17, 15) is 14.7 Å². The summed E-state index contributed by atoms with van der Waals surface area (Å²) in [5.74, 6) is -1.52. The van der Waals surface area contributed by atoms with E-state index in [1.807, 2.05) is 0 Å². The highest BCUT2D eigenvalue weighted by atomic mass is 16.4. The number of hydrogen-bond acceptors (Lipinski definition) is 4. The van der Waals surface area contributed by atoms with Gasteiger partial charge in [-0.25, -0.2) is 9.78 Å². The molecule has 0 aliphatic heterocycles. The maximum atomic E-state index is 11.9. The van der Waals surface area contributed by atoms with Crippen molar-refractivity contribution in [1.82, 2.24) is 15.3 Å². The van der Waals surface area contributed by atoms with Crippen LogP contribution < -0.4 is 5.32 Å². The summed E-state index contributed by atoms with van der Waals surface area (Å²) in [7, 11) is 0. The number of nitrogens with one attached hydrogen (secondary N) is 1. The number of carbonyl (C=O) groups is 2. The lowest BCUT2D eigenvalue weighted by Crippen LogP contribution is -2.54. The van der Waals surface area contributed by atoms with Crippen molar-refractivity contribution in [3.05, 3.63) is 23.8 Å². The third kappa shape index (κ3) is 2.32. The summed E-state index contributed by atoms with van der Waals surface area (Å²) in [6.45, 7) is 3.30. The molecule has 6 heteroatoms. The lowest BCUT2D eigenvalue weighted by molar-refractivity contribution is -0.144. The molecule has 1 unspecified atom stereocenters. The monoisotopic (exact) mass is 249 g/mol. The molecule has 0 bridgehead atoms. The van der Waals surface area contributed by atoms with Gasteiger partial charge in [-0.3, -0.25) is 9.78 Å². The molecular formula is C12H15N3O3. The van der Waals surface area contributed by atoms with Crippen molar-refractivity contribution in [2.24, 2.45) is 5.92 Å². The molecule has 1 atom stereocenters. The van der Waals surface area contributed by atoms with Crippen LogP contribution in [0.1, 0.15) is 35.9 Å². The van der Waals surface area contributed by atoms with E-state index in [-0.39, 0.29) is 11.6 Å². The van der Waals surface area contributed by atoms with Crippen LogP contribution in [-0.4, -0.2) is 32.5 Å². The molecule has 96 valence electrons. The van der Waals surface area contributed by atoms with Crippen LogP contribution in [0.3, 0.4) is 0 Å². The third-order valence-corrected chi connectivity index (χ3v) is 3.22. The van der Waals surface area contributed by atoms with Gasteiger partial charge in [0.1, 0.15) is 11.2 Å². The Morgan fingerprint density at radius 3 is 2.50 bits per heavy atom. The fourth-order valence-corrected chi connectivity index (χ4v) is 1.80. The second-order valence-electron chi connectivity index (χ2n) is 4.78. The smallest absolute Gasteiger partial charge is 0.329 e. The number of rotatable bonds is 4. The first-order valence-electron chi connectivity index (χ1n) is 5.78. The summed E-state index contributed by atoms with van der Waals surface area (Å²) >= 11 is 0. The highest BCUT2D eigenvalue weighted by molar-refractivity contribution is 5.96. The molecule has 6 nitrogen and oxygen atoms in total. The maximum Gasteiger partial charge on any atom is 0.329 e. The molecule has 0 spiro atoms. The van der Waals surface area contributed by atoms with Gasteiger partial charge in [0.15, 0.2) is 0 Å². The van der Waals surface area contributed by atoms with Gasteiger partial charge in [0.2, 0.25) is 0 Å². The number of nitrogens with zero attached hydrogens (tertiary/aromatic N) is 2. The Labute approximate surface area is 104 Å². The first-order valence-corrected chi connectivity index (χ1v) is 5.78. The number of carbonyl (C=O) groups excluding carboxylic acids is 1. The Hall–Kier alpha value is -1.98. The van der Waals surface area contributed by atoms with Gasteiger partial charge in [0.25, 0.3) is 5.91 Å². The Balaban J connectivity index is 2.15. The summed E-state index contributed by atoms with van der Waals surface area (Å²) < 4.78 is 0. The second kappa shape index (κ2) is 4.36. The molecule has 0 aromatic carbocycles. The lowest BCUT2D eigenvalue weighted by Gasteiger charge is -2.25. The number of aryl methyl sites for hydroxylation is 1.